The normalized spacial score (nSPS) is 8.86. The Morgan fingerprint density at radius 2 is 2.14 bits per heavy atom. The molecule has 0 fully saturated rings. The molecule has 0 amide bonds. The zero-order valence-electron chi connectivity index (χ0n) is 4.77. The van der Waals surface area contributed by atoms with Crippen LogP contribution in [0.1, 0.15) is 20.3 Å². The summed E-state index contributed by atoms with van der Waals surface area (Å²) in [6.07, 6.45) is 1.08. The number of hydrogen-bond acceptors (Lipinski definition) is 1. The first-order valence-electron chi connectivity index (χ1n) is 2.48. The van der Waals surface area contributed by atoms with Crippen LogP contribution >= 0.6 is 11.8 Å². The van der Waals surface area contributed by atoms with Crippen molar-refractivity contribution in [3.63, 3.8) is 0 Å². The molecule has 2 heteroatoms. The lowest BCUT2D eigenvalue weighted by Gasteiger charge is -1.83. The van der Waals surface area contributed by atoms with Crippen LogP contribution in [0.15, 0.2) is 0 Å². The van der Waals surface area contributed by atoms with E-state index >= 15 is 0 Å². The lowest BCUT2D eigenvalue weighted by atomic mass is 10.6. The van der Waals surface area contributed by atoms with Crippen molar-refractivity contribution in [1.82, 2.24) is 0 Å². The Morgan fingerprint density at radius 1 is 1.57 bits per heavy atom. The van der Waals surface area contributed by atoms with Crippen LogP contribution in [-0.2, 0) is 12.2 Å². The van der Waals surface area contributed by atoms with Crippen LogP contribution in [0, 0.1) is 0 Å². The van der Waals surface area contributed by atoms with Crippen LogP contribution in [0.3, 0.4) is 0 Å². The number of hydrogen-bond donors (Lipinski definition) is 0. The second-order valence-electron chi connectivity index (χ2n) is 1.18. The van der Waals surface area contributed by atoms with Gasteiger partial charge in [-0.25, -0.2) is 0 Å². The number of rotatable bonds is 2. The quantitative estimate of drug-likeness (QED) is 0.314. The molecule has 0 heterocycles. The van der Waals surface area contributed by atoms with Crippen molar-refractivity contribution in [2.45, 2.75) is 20.3 Å². The molecule has 7 heavy (non-hydrogen) atoms. The van der Waals surface area contributed by atoms with Crippen LogP contribution in [0.4, 0.5) is 0 Å². The summed E-state index contributed by atoms with van der Waals surface area (Å²) >= 11 is 6.00. The van der Waals surface area contributed by atoms with Crippen molar-refractivity contribution in [2.75, 3.05) is 5.75 Å². The lowest BCUT2D eigenvalue weighted by molar-refractivity contribution is 1.34. The molecule has 0 bridgehead atoms. The highest BCUT2D eigenvalue weighted by Gasteiger charge is 1.96. The molecule has 0 atom stereocenters. The summed E-state index contributed by atoms with van der Waals surface area (Å²) in [4.78, 5) is 0. The van der Waals surface area contributed by atoms with Crippen LogP contribution in [0.5, 0.6) is 0 Å². The first-order chi connectivity index (χ1) is 3.31. The first kappa shape index (κ1) is 7.44. The molecule has 0 aromatic rings. The molecule has 0 N–H and O–H groups in total. The van der Waals surface area contributed by atoms with Crippen molar-refractivity contribution >= 4 is 28.2 Å². The standard InChI is InChI=1S/C5H10S2/c1-3-5(6)7-4-2/h3-4H2,1-2H3/p+1. The molecule has 0 aromatic carbocycles. The Bertz CT molecular complexity index is 59.1. The SMILES string of the molecule is CCSC(=[SH+])CC. The van der Waals surface area contributed by atoms with Gasteiger partial charge in [-0.05, 0) is 5.75 Å². The lowest BCUT2D eigenvalue weighted by Crippen LogP contribution is -1.84. The van der Waals surface area contributed by atoms with Gasteiger partial charge in [0.25, 0.3) is 0 Å². The maximum absolute atomic E-state index is 4.19. The minimum absolute atomic E-state index is 1.08. The summed E-state index contributed by atoms with van der Waals surface area (Å²) in [5.41, 5.74) is 0. The molecule has 0 aromatic heterocycles. The largest absolute Gasteiger partial charge is 0.231 e. The molecule has 42 valence electrons. The second kappa shape index (κ2) is 4.60. The highest BCUT2D eigenvalue weighted by atomic mass is 32.2. The maximum Gasteiger partial charge on any atom is 0.231 e. The minimum atomic E-state index is 1.08. The maximum atomic E-state index is 4.19. The summed E-state index contributed by atoms with van der Waals surface area (Å²) in [6, 6.07) is 0. The van der Waals surface area contributed by atoms with Crippen molar-refractivity contribution in [2.24, 2.45) is 0 Å². The van der Waals surface area contributed by atoms with E-state index in [1.807, 2.05) is 11.8 Å². The first-order valence-corrected chi connectivity index (χ1v) is 3.92. The van der Waals surface area contributed by atoms with Crippen LogP contribution in [0.25, 0.3) is 0 Å². The predicted octanol–water partition coefficient (Wildman–Crippen LogP) is 1.56. The van der Waals surface area contributed by atoms with Gasteiger partial charge in [-0.2, -0.15) is 0 Å². The van der Waals surface area contributed by atoms with Gasteiger partial charge in [0.1, 0.15) is 0 Å². The highest BCUT2D eigenvalue weighted by molar-refractivity contribution is 8.20. The van der Waals surface area contributed by atoms with Gasteiger partial charge in [0.15, 0.2) is 12.2 Å². The van der Waals surface area contributed by atoms with E-state index < -0.39 is 0 Å². The summed E-state index contributed by atoms with van der Waals surface area (Å²) in [5, 5.41) is 0. The summed E-state index contributed by atoms with van der Waals surface area (Å²) in [5.74, 6) is 1.15. The fraction of sp³-hybridized carbons (Fsp3) is 0.800. The topological polar surface area (TPSA) is 0 Å². The van der Waals surface area contributed by atoms with E-state index in [9.17, 15) is 0 Å². The Labute approximate surface area is 54.7 Å². The molecule has 0 unspecified atom stereocenters. The third-order valence-electron chi connectivity index (χ3n) is 0.613. The van der Waals surface area contributed by atoms with E-state index in [1.165, 1.54) is 4.20 Å². The van der Waals surface area contributed by atoms with Crippen LogP contribution in [0.2, 0.25) is 0 Å². The summed E-state index contributed by atoms with van der Waals surface area (Å²) < 4.78 is 1.24. The van der Waals surface area contributed by atoms with E-state index in [0.29, 0.717) is 0 Å². The fourth-order valence-electron chi connectivity index (χ4n) is 0.269. The molecular weight excluding hydrogens is 124 g/mol. The average molecular weight is 135 g/mol. The average Bonchev–Trinajstić information content (AvgIpc) is 1.68. The van der Waals surface area contributed by atoms with Crippen molar-refractivity contribution < 1.29 is 0 Å². The van der Waals surface area contributed by atoms with Gasteiger partial charge in [-0.3, -0.25) is 0 Å². The van der Waals surface area contributed by atoms with E-state index in [4.69, 9.17) is 0 Å². The smallest absolute Gasteiger partial charge is 0.0703 e. The predicted molar refractivity (Wildman–Crippen MR) is 42.2 cm³/mol. The Balaban J connectivity index is 3.00. The molecule has 0 spiro atoms. The molecule has 0 saturated carbocycles. The van der Waals surface area contributed by atoms with Crippen LogP contribution < -0.4 is 0 Å². The van der Waals surface area contributed by atoms with Crippen molar-refractivity contribution in [3.05, 3.63) is 0 Å². The second-order valence-corrected chi connectivity index (χ2v) is 3.38. The molecule has 0 aliphatic carbocycles. The molecule has 0 aliphatic heterocycles. The Hall–Kier alpha value is 0.440. The summed E-state index contributed by atoms with van der Waals surface area (Å²) in [7, 11) is 0. The Morgan fingerprint density at radius 3 is 2.29 bits per heavy atom. The number of thioether (sulfide) groups is 1. The zero-order valence-corrected chi connectivity index (χ0v) is 6.48. The van der Waals surface area contributed by atoms with Crippen LogP contribution in [-0.4, -0.2) is 9.95 Å². The molecule has 0 rings (SSSR count). The fourth-order valence-corrected chi connectivity index (χ4v) is 1.19. The molecular formula is C5H11S2+. The Kier molecular flexibility index (Phi) is 4.88. The van der Waals surface area contributed by atoms with Gasteiger partial charge in [0, 0.05) is 6.42 Å². The monoisotopic (exact) mass is 135 g/mol. The van der Waals surface area contributed by atoms with E-state index in [-0.39, 0.29) is 0 Å². The van der Waals surface area contributed by atoms with Gasteiger partial charge in [0.05, 0.1) is 0 Å². The molecule has 0 nitrogen and oxygen atoms in total. The summed E-state index contributed by atoms with van der Waals surface area (Å²) in [6.45, 7) is 4.25. The minimum Gasteiger partial charge on any atom is -0.0703 e. The van der Waals surface area contributed by atoms with E-state index in [1.54, 1.807) is 0 Å². The van der Waals surface area contributed by atoms with Gasteiger partial charge in [0.2, 0.25) is 4.20 Å². The third-order valence-corrected chi connectivity index (χ3v) is 2.23. The highest BCUT2D eigenvalue weighted by Crippen LogP contribution is 2.02. The van der Waals surface area contributed by atoms with Gasteiger partial charge >= 0.3 is 0 Å². The van der Waals surface area contributed by atoms with E-state index in [2.05, 4.69) is 26.1 Å². The number of thiol groups is 1. The van der Waals surface area contributed by atoms with Crippen molar-refractivity contribution in [3.8, 4) is 0 Å². The third kappa shape index (κ3) is 4.29. The zero-order chi connectivity index (χ0) is 5.70. The molecule has 0 saturated heterocycles. The van der Waals surface area contributed by atoms with Gasteiger partial charge in [-0.15, -0.1) is 0 Å². The van der Waals surface area contributed by atoms with Gasteiger partial charge < -0.3 is 0 Å². The van der Waals surface area contributed by atoms with Gasteiger partial charge in [-0.1, -0.05) is 25.6 Å². The molecule has 0 radical (unpaired) electrons. The van der Waals surface area contributed by atoms with E-state index in [0.717, 1.165) is 12.2 Å². The molecule has 0 aliphatic rings. The van der Waals surface area contributed by atoms with Crippen molar-refractivity contribution in [1.29, 1.82) is 0 Å².